The number of hydrogen-bond acceptors (Lipinski definition) is 2. The molecule has 1 N–H and O–H groups in total. The van der Waals surface area contributed by atoms with Gasteiger partial charge in [-0.3, -0.25) is 4.79 Å². The number of likely N-dealkylation sites (N-methyl/N-ethyl adjacent to an activating group) is 1. The van der Waals surface area contributed by atoms with Crippen molar-refractivity contribution in [2.75, 3.05) is 20.1 Å². The SMILES string of the molecule is CN(CCC1CCCC1)C(=O)C1CCCN1. The highest BCUT2D eigenvalue weighted by atomic mass is 16.2. The fourth-order valence-corrected chi connectivity index (χ4v) is 2.95. The Kier molecular flexibility index (Phi) is 4.22. The van der Waals surface area contributed by atoms with Gasteiger partial charge >= 0.3 is 0 Å². The average Bonchev–Trinajstić information content (AvgIpc) is 2.96. The third-order valence-electron chi connectivity index (χ3n) is 4.08. The highest BCUT2D eigenvalue weighted by Gasteiger charge is 2.25. The van der Waals surface area contributed by atoms with Crippen LogP contribution in [0.25, 0.3) is 0 Å². The Morgan fingerprint density at radius 3 is 2.62 bits per heavy atom. The first-order chi connectivity index (χ1) is 7.77. The van der Waals surface area contributed by atoms with Crippen LogP contribution >= 0.6 is 0 Å². The van der Waals surface area contributed by atoms with Crippen LogP contribution in [0.3, 0.4) is 0 Å². The van der Waals surface area contributed by atoms with E-state index >= 15 is 0 Å². The van der Waals surface area contributed by atoms with Crippen LogP contribution < -0.4 is 5.32 Å². The second kappa shape index (κ2) is 5.67. The van der Waals surface area contributed by atoms with Crippen molar-refractivity contribution in [3.63, 3.8) is 0 Å². The van der Waals surface area contributed by atoms with Crippen LogP contribution in [0.2, 0.25) is 0 Å². The zero-order valence-electron chi connectivity index (χ0n) is 10.4. The molecule has 2 fully saturated rings. The summed E-state index contributed by atoms with van der Waals surface area (Å²) >= 11 is 0. The van der Waals surface area contributed by atoms with E-state index in [-0.39, 0.29) is 6.04 Å². The zero-order chi connectivity index (χ0) is 11.4. The Hall–Kier alpha value is -0.570. The third kappa shape index (κ3) is 2.97. The molecule has 1 saturated carbocycles. The molecule has 0 aromatic rings. The lowest BCUT2D eigenvalue weighted by Crippen LogP contribution is -2.42. The van der Waals surface area contributed by atoms with Gasteiger partial charge in [0.1, 0.15) is 0 Å². The van der Waals surface area contributed by atoms with E-state index in [1.807, 2.05) is 11.9 Å². The second-order valence-electron chi connectivity index (χ2n) is 5.35. The van der Waals surface area contributed by atoms with Crippen molar-refractivity contribution in [3.05, 3.63) is 0 Å². The van der Waals surface area contributed by atoms with E-state index in [1.54, 1.807) is 0 Å². The van der Waals surface area contributed by atoms with Crippen LogP contribution in [0.4, 0.5) is 0 Å². The molecular formula is C13H24N2O. The number of carbonyl (C=O) groups excluding carboxylic acids is 1. The summed E-state index contributed by atoms with van der Waals surface area (Å²) in [7, 11) is 1.96. The first-order valence-electron chi connectivity index (χ1n) is 6.76. The van der Waals surface area contributed by atoms with Gasteiger partial charge in [-0.25, -0.2) is 0 Å². The zero-order valence-corrected chi connectivity index (χ0v) is 10.4. The summed E-state index contributed by atoms with van der Waals surface area (Å²) in [6.45, 7) is 1.95. The van der Waals surface area contributed by atoms with Gasteiger partial charge in [-0.15, -0.1) is 0 Å². The molecule has 0 aromatic heterocycles. The molecule has 0 bridgehead atoms. The molecule has 0 spiro atoms. The van der Waals surface area contributed by atoms with E-state index in [1.165, 1.54) is 32.1 Å². The van der Waals surface area contributed by atoms with Crippen LogP contribution in [0.1, 0.15) is 44.9 Å². The van der Waals surface area contributed by atoms with Crippen molar-refractivity contribution in [1.29, 1.82) is 0 Å². The molecule has 1 unspecified atom stereocenters. The molecule has 92 valence electrons. The smallest absolute Gasteiger partial charge is 0.239 e. The van der Waals surface area contributed by atoms with Gasteiger partial charge in [0.15, 0.2) is 0 Å². The Bertz CT molecular complexity index is 230. The molecule has 3 heteroatoms. The highest BCUT2D eigenvalue weighted by molar-refractivity contribution is 5.81. The number of rotatable bonds is 4. The Balaban J connectivity index is 1.69. The number of nitrogens with one attached hydrogen (secondary N) is 1. The minimum absolute atomic E-state index is 0.105. The quantitative estimate of drug-likeness (QED) is 0.789. The van der Waals surface area contributed by atoms with E-state index in [9.17, 15) is 4.79 Å². The summed E-state index contributed by atoms with van der Waals surface area (Å²) in [5.74, 6) is 1.18. The summed E-state index contributed by atoms with van der Waals surface area (Å²) < 4.78 is 0. The predicted octanol–water partition coefficient (Wildman–Crippen LogP) is 1.78. The van der Waals surface area contributed by atoms with Gasteiger partial charge in [0.2, 0.25) is 5.91 Å². The molecule has 2 rings (SSSR count). The van der Waals surface area contributed by atoms with Gasteiger partial charge in [0.25, 0.3) is 0 Å². The van der Waals surface area contributed by atoms with Gasteiger partial charge in [0.05, 0.1) is 6.04 Å². The van der Waals surface area contributed by atoms with E-state index in [0.29, 0.717) is 5.91 Å². The molecule has 1 aliphatic carbocycles. The summed E-state index contributed by atoms with van der Waals surface area (Å²) in [5, 5.41) is 3.27. The number of nitrogens with zero attached hydrogens (tertiary/aromatic N) is 1. The molecule has 0 aromatic carbocycles. The standard InChI is InChI=1S/C13H24N2O/c1-15(10-8-11-5-2-3-6-11)13(16)12-7-4-9-14-12/h11-12,14H,2-10H2,1H3. The predicted molar refractivity (Wildman–Crippen MR) is 65.2 cm³/mol. The molecule has 16 heavy (non-hydrogen) atoms. The van der Waals surface area contributed by atoms with E-state index in [4.69, 9.17) is 0 Å². The minimum Gasteiger partial charge on any atom is -0.344 e. The minimum atomic E-state index is 0.105. The molecule has 0 radical (unpaired) electrons. The van der Waals surface area contributed by atoms with E-state index in [2.05, 4.69) is 5.32 Å². The van der Waals surface area contributed by atoms with Gasteiger partial charge in [-0.1, -0.05) is 25.7 Å². The van der Waals surface area contributed by atoms with Crippen molar-refractivity contribution >= 4 is 5.91 Å². The maximum absolute atomic E-state index is 12.0. The van der Waals surface area contributed by atoms with Crippen LogP contribution in [-0.4, -0.2) is 37.0 Å². The van der Waals surface area contributed by atoms with Crippen molar-refractivity contribution in [2.45, 2.75) is 51.0 Å². The van der Waals surface area contributed by atoms with E-state index < -0.39 is 0 Å². The summed E-state index contributed by atoms with van der Waals surface area (Å²) in [4.78, 5) is 13.9. The van der Waals surface area contributed by atoms with E-state index in [0.717, 1.165) is 31.8 Å². The van der Waals surface area contributed by atoms with Crippen molar-refractivity contribution in [3.8, 4) is 0 Å². The maximum atomic E-state index is 12.0. The first-order valence-corrected chi connectivity index (χ1v) is 6.76. The fourth-order valence-electron chi connectivity index (χ4n) is 2.95. The summed E-state index contributed by atoms with van der Waals surface area (Å²) in [5.41, 5.74) is 0. The summed E-state index contributed by atoms with van der Waals surface area (Å²) in [6, 6.07) is 0.105. The lowest BCUT2D eigenvalue weighted by molar-refractivity contribution is -0.131. The Labute approximate surface area is 98.6 Å². The van der Waals surface area contributed by atoms with Crippen LogP contribution in [0.15, 0.2) is 0 Å². The van der Waals surface area contributed by atoms with Gasteiger partial charge < -0.3 is 10.2 Å². The topological polar surface area (TPSA) is 32.3 Å². The van der Waals surface area contributed by atoms with Crippen LogP contribution in [-0.2, 0) is 4.79 Å². The lowest BCUT2D eigenvalue weighted by atomic mass is 10.0. The van der Waals surface area contributed by atoms with Crippen LogP contribution in [0.5, 0.6) is 0 Å². The third-order valence-corrected chi connectivity index (χ3v) is 4.08. The molecule has 2 aliphatic rings. The monoisotopic (exact) mass is 224 g/mol. The van der Waals surface area contributed by atoms with Gasteiger partial charge in [-0.05, 0) is 31.7 Å². The van der Waals surface area contributed by atoms with Crippen LogP contribution in [0, 0.1) is 5.92 Å². The second-order valence-corrected chi connectivity index (χ2v) is 5.35. The number of carbonyl (C=O) groups is 1. The highest BCUT2D eigenvalue weighted by Crippen LogP contribution is 2.27. The van der Waals surface area contributed by atoms with Crippen molar-refractivity contribution in [1.82, 2.24) is 10.2 Å². The number of amides is 1. The molecule has 1 saturated heterocycles. The first kappa shape index (κ1) is 11.9. The molecular weight excluding hydrogens is 200 g/mol. The number of hydrogen-bond donors (Lipinski definition) is 1. The van der Waals surface area contributed by atoms with Crippen molar-refractivity contribution < 1.29 is 4.79 Å². The van der Waals surface area contributed by atoms with Crippen molar-refractivity contribution in [2.24, 2.45) is 5.92 Å². The molecule has 3 nitrogen and oxygen atoms in total. The average molecular weight is 224 g/mol. The largest absolute Gasteiger partial charge is 0.344 e. The summed E-state index contributed by atoms with van der Waals surface area (Å²) in [6.07, 6.45) is 8.92. The Morgan fingerprint density at radius 1 is 1.25 bits per heavy atom. The Morgan fingerprint density at radius 2 is 2.00 bits per heavy atom. The van der Waals surface area contributed by atoms with Gasteiger partial charge in [0, 0.05) is 13.6 Å². The molecule has 1 atom stereocenters. The normalized spacial score (nSPS) is 26.2. The van der Waals surface area contributed by atoms with Gasteiger partial charge in [-0.2, -0.15) is 0 Å². The molecule has 1 aliphatic heterocycles. The molecule has 1 heterocycles. The maximum Gasteiger partial charge on any atom is 0.239 e. The molecule has 1 amide bonds. The lowest BCUT2D eigenvalue weighted by Gasteiger charge is -2.22. The fraction of sp³-hybridized carbons (Fsp3) is 0.923.